The number of hydrogen-bond donors (Lipinski definition) is 1. The summed E-state index contributed by atoms with van der Waals surface area (Å²) in [7, 11) is 1.69. The first-order chi connectivity index (χ1) is 18.3. The summed E-state index contributed by atoms with van der Waals surface area (Å²) in [4.78, 5) is 44.9. The van der Waals surface area contributed by atoms with Crippen molar-refractivity contribution in [3.63, 3.8) is 0 Å². The first-order valence-corrected chi connectivity index (χ1v) is 12.5. The molecular weight excluding hydrogens is 482 g/mol. The van der Waals surface area contributed by atoms with Crippen LogP contribution >= 0.6 is 0 Å². The average molecular weight is 514 g/mol. The Morgan fingerprint density at radius 2 is 1.87 bits per heavy atom. The molecular formula is C29H31N5O4. The van der Waals surface area contributed by atoms with E-state index in [1.807, 2.05) is 38.1 Å². The van der Waals surface area contributed by atoms with Gasteiger partial charge < -0.3 is 15.1 Å². The summed E-state index contributed by atoms with van der Waals surface area (Å²) in [5.74, 6) is -0.250. The fourth-order valence-corrected chi connectivity index (χ4v) is 4.68. The highest BCUT2D eigenvalue weighted by molar-refractivity contribution is 5.98. The summed E-state index contributed by atoms with van der Waals surface area (Å²) < 4.78 is 0. The zero-order chi connectivity index (χ0) is 27.2. The molecule has 2 amide bonds. The molecule has 2 heterocycles. The predicted octanol–water partition coefficient (Wildman–Crippen LogP) is 4.26. The third kappa shape index (κ3) is 5.78. The Morgan fingerprint density at radius 3 is 2.58 bits per heavy atom. The molecule has 0 radical (unpaired) electrons. The molecule has 1 unspecified atom stereocenters. The number of amides is 2. The molecule has 1 saturated heterocycles. The molecule has 1 aliphatic rings. The number of rotatable bonds is 7. The van der Waals surface area contributed by atoms with E-state index >= 15 is 0 Å². The Balaban J connectivity index is 1.57. The molecule has 196 valence electrons. The van der Waals surface area contributed by atoms with Crippen LogP contribution in [0.5, 0.6) is 0 Å². The molecule has 1 aromatic heterocycles. The van der Waals surface area contributed by atoms with E-state index in [0.717, 1.165) is 16.8 Å². The highest BCUT2D eigenvalue weighted by Crippen LogP contribution is 2.38. The van der Waals surface area contributed by atoms with Crippen LogP contribution in [0.15, 0.2) is 73.1 Å². The lowest BCUT2D eigenvalue weighted by atomic mass is 9.89. The van der Waals surface area contributed by atoms with Gasteiger partial charge in [0.05, 0.1) is 10.5 Å². The number of carbonyl (C=O) groups excluding carboxylic acids is 2. The molecule has 0 aliphatic carbocycles. The largest absolute Gasteiger partial charge is 0.336 e. The molecule has 9 nitrogen and oxygen atoms in total. The standard InChI is InChI=1S/C29H31N5O4/c1-20(2)23-8-4-5-9-24(23)28-21(7-6-10-26(28)34(37)38)11-12-27(35)33-18-17-31-25(19-33)29(36)32(3)22-13-15-30-16-14-22/h4-16,20,25,31H,17-19H2,1-3H3/b12-11+. The maximum atomic E-state index is 13.2. The van der Waals surface area contributed by atoms with E-state index in [1.54, 1.807) is 59.6 Å². The first kappa shape index (κ1) is 26.7. The zero-order valence-electron chi connectivity index (χ0n) is 21.7. The second kappa shape index (κ2) is 11.8. The van der Waals surface area contributed by atoms with Gasteiger partial charge in [0.25, 0.3) is 5.69 Å². The van der Waals surface area contributed by atoms with Crippen molar-refractivity contribution in [1.29, 1.82) is 0 Å². The number of carbonyl (C=O) groups is 2. The van der Waals surface area contributed by atoms with Gasteiger partial charge in [-0.1, -0.05) is 50.2 Å². The summed E-state index contributed by atoms with van der Waals surface area (Å²) in [5, 5.41) is 15.1. The van der Waals surface area contributed by atoms with E-state index < -0.39 is 11.0 Å². The Bertz CT molecular complexity index is 1360. The maximum absolute atomic E-state index is 13.2. The van der Waals surface area contributed by atoms with E-state index in [0.29, 0.717) is 24.2 Å². The van der Waals surface area contributed by atoms with Crippen LogP contribution < -0.4 is 10.2 Å². The molecule has 1 fully saturated rings. The van der Waals surface area contributed by atoms with Crippen LogP contribution in [0.25, 0.3) is 17.2 Å². The Morgan fingerprint density at radius 1 is 1.13 bits per heavy atom. The summed E-state index contributed by atoms with van der Waals surface area (Å²) >= 11 is 0. The zero-order valence-corrected chi connectivity index (χ0v) is 21.7. The highest BCUT2D eigenvalue weighted by Gasteiger charge is 2.30. The number of benzene rings is 2. The molecule has 9 heteroatoms. The van der Waals surface area contributed by atoms with Crippen molar-refractivity contribution in [2.24, 2.45) is 0 Å². The second-order valence-corrected chi connectivity index (χ2v) is 9.47. The molecule has 4 rings (SSSR count). The van der Waals surface area contributed by atoms with Gasteiger partial charge in [-0.05, 0) is 40.8 Å². The Labute approximate surface area is 221 Å². The fraction of sp³-hybridized carbons (Fsp3) is 0.276. The van der Waals surface area contributed by atoms with Crippen molar-refractivity contribution in [3.05, 3.63) is 94.3 Å². The molecule has 1 N–H and O–H groups in total. The monoisotopic (exact) mass is 513 g/mol. The van der Waals surface area contributed by atoms with Crippen LogP contribution in [0, 0.1) is 10.1 Å². The minimum atomic E-state index is -0.550. The normalized spacial score (nSPS) is 15.6. The van der Waals surface area contributed by atoms with Crippen LogP contribution in [-0.4, -0.2) is 59.3 Å². The first-order valence-electron chi connectivity index (χ1n) is 12.5. The maximum Gasteiger partial charge on any atom is 0.277 e. The van der Waals surface area contributed by atoms with E-state index in [-0.39, 0.29) is 30.0 Å². The lowest BCUT2D eigenvalue weighted by molar-refractivity contribution is -0.384. The summed E-state index contributed by atoms with van der Waals surface area (Å²) in [6.45, 7) is 5.23. The number of hydrogen-bond acceptors (Lipinski definition) is 6. The number of pyridine rings is 1. The minimum absolute atomic E-state index is 0.0142. The van der Waals surface area contributed by atoms with Crippen LogP contribution in [-0.2, 0) is 9.59 Å². The molecule has 3 aromatic rings. The van der Waals surface area contributed by atoms with Crippen molar-refractivity contribution in [2.45, 2.75) is 25.8 Å². The number of likely N-dealkylation sites (N-methyl/N-ethyl adjacent to an activating group) is 1. The van der Waals surface area contributed by atoms with Crippen LogP contribution in [0.1, 0.15) is 30.9 Å². The number of piperazine rings is 1. The number of nitro benzene ring substituents is 1. The predicted molar refractivity (Wildman–Crippen MR) is 148 cm³/mol. The third-order valence-electron chi connectivity index (χ3n) is 6.69. The molecule has 0 spiro atoms. The van der Waals surface area contributed by atoms with Crippen molar-refractivity contribution in [1.82, 2.24) is 15.2 Å². The van der Waals surface area contributed by atoms with E-state index in [9.17, 15) is 19.7 Å². The molecule has 1 aliphatic heterocycles. The van der Waals surface area contributed by atoms with Gasteiger partial charge in [-0.3, -0.25) is 24.7 Å². The molecule has 1 atom stereocenters. The van der Waals surface area contributed by atoms with Crippen molar-refractivity contribution in [3.8, 4) is 11.1 Å². The number of aromatic nitrogens is 1. The van der Waals surface area contributed by atoms with Crippen LogP contribution in [0.2, 0.25) is 0 Å². The summed E-state index contributed by atoms with van der Waals surface area (Å²) in [6, 6.07) is 15.5. The van der Waals surface area contributed by atoms with Crippen molar-refractivity contribution in [2.75, 3.05) is 31.6 Å². The second-order valence-electron chi connectivity index (χ2n) is 9.47. The lowest BCUT2D eigenvalue weighted by Crippen LogP contribution is -2.58. The minimum Gasteiger partial charge on any atom is -0.336 e. The molecule has 38 heavy (non-hydrogen) atoms. The van der Waals surface area contributed by atoms with Gasteiger partial charge in [0.2, 0.25) is 11.8 Å². The fourth-order valence-electron chi connectivity index (χ4n) is 4.68. The van der Waals surface area contributed by atoms with Gasteiger partial charge in [-0.25, -0.2) is 0 Å². The number of nitro groups is 1. The molecule has 0 saturated carbocycles. The quantitative estimate of drug-likeness (QED) is 0.287. The summed E-state index contributed by atoms with van der Waals surface area (Å²) in [6.07, 6.45) is 6.30. The highest BCUT2D eigenvalue weighted by atomic mass is 16.6. The number of nitrogens with zero attached hydrogens (tertiary/aromatic N) is 4. The summed E-state index contributed by atoms with van der Waals surface area (Å²) in [5.41, 5.74) is 3.53. The van der Waals surface area contributed by atoms with Gasteiger partial charge in [-0.2, -0.15) is 0 Å². The van der Waals surface area contributed by atoms with Crippen molar-refractivity contribution >= 4 is 29.3 Å². The number of nitrogens with one attached hydrogen (secondary N) is 1. The van der Waals surface area contributed by atoms with Gasteiger partial charge in [0.15, 0.2) is 0 Å². The van der Waals surface area contributed by atoms with Gasteiger partial charge in [-0.15, -0.1) is 0 Å². The average Bonchev–Trinajstić information content (AvgIpc) is 2.95. The van der Waals surface area contributed by atoms with Gasteiger partial charge in [0.1, 0.15) is 6.04 Å². The van der Waals surface area contributed by atoms with Crippen LogP contribution in [0.4, 0.5) is 11.4 Å². The third-order valence-corrected chi connectivity index (χ3v) is 6.69. The van der Waals surface area contributed by atoms with Crippen molar-refractivity contribution < 1.29 is 14.5 Å². The lowest BCUT2D eigenvalue weighted by Gasteiger charge is -2.34. The SMILES string of the molecule is CC(C)c1ccccc1-c1c(/C=C/C(=O)N2CCNC(C(=O)N(C)c3ccncc3)C2)cccc1[N+](=O)[O-]. The smallest absolute Gasteiger partial charge is 0.277 e. The van der Waals surface area contributed by atoms with E-state index in [4.69, 9.17) is 0 Å². The number of anilines is 1. The Kier molecular flexibility index (Phi) is 8.28. The van der Waals surface area contributed by atoms with Gasteiger partial charge >= 0.3 is 0 Å². The van der Waals surface area contributed by atoms with E-state index in [2.05, 4.69) is 10.3 Å². The van der Waals surface area contributed by atoms with Gasteiger partial charge in [0, 0.05) is 56.9 Å². The van der Waals surface area contributed by atoms with Crippen LogP contribution in [0.3, 0.4) is 0 Å². The molecule has 0 bridgehead atoms. The topological polar surface area (TPSA) is 109 Å². The molecule has 2 aromatic carbocycles. The Hall–Kier alpha value is -4.37. The van der Waals surface area contributed by atoms with E-state index in [1.165, 1.54) is 12.1 Å².